The highest BCUT2D eigenvalue weighted by Crippen LogP contribution is 2.37. The maximum absolute atomic E-state index is 13.1. The van der Waals surface area contributed by atoms with Crippen molar-refractivity contribution in [2.24, 2.45) is 0 Å². The van der Waals surface area contributed by atoms with Crippen LogP contribution < -0.4 is 10.6 Å². The van der Waals surface area contributed by atoms with Gasteiger partial charge < -0.3 is 10.6 Å². The molecule has 0 unspecified atom stereocenters. The van der Waals surface area contributed by atoms with Crippen LogP contribution in [0, 0.1) is 6.92 Å². The van der Waals surface area contributed by atoms with Crippen molar-refractivity contribution in [1.82, 2.24) is 15.6 Å². The zero-order valence-corrected chi connectivity index (χ0v) is 13.8. The van der Waals surface area contributed by atoms with E-state index < -0.39 is 53.4 Å². The predicted molar refractivity (Wildman–Crippen MR) is 79.1 cm³/mol. The quantitative estimate of drug-likeness (QED) is 0.778. The van der Waals surface area contributed by atoms with Crippen molar-refractivity contribution in [2.45, 2.75) is 44.7 Å². The summed E-state index contributed by atoms with van der Waals surface area (Å²) in [5, 5.41) is 5.21. The van der Waals surface area contributed by atoms with Gasteiger partial charge in [-0.25, -0.2) is 4.98 Å². The molecule has 1 atom stereocenters. The number of aromatic nitrogens is 1. The van der Waals surface area contributed by atoms with Gasteiger partial charge in [-0.3, -0.25) is 4.79 Å². The van der Waals surface area contributed by atoms with Gasteiger partial charge in [0.1, 0.15) is 5.69 Å². The normalized spacial score (nSPS) is 18.0. The average Bonchev–Trinajstić information content (AvgIpc) is 2.97. The Labute approximate surface area is 145 Å². The second-order valence-corrected chi connectivity index (χ2v) is 5.48. The van der Waals surface area contributed by atoms with Gasteiger partial charge in [-0.1, -0.05) is 0 Å². The number of aryl methyl sites for hydroxylation is 1. The Morgan fingerprint density at radius 1 is 1.28 bits per heavy atom. The second kappa shape index (κ2) is 7.77. The summed E-state index contributed by atoms with van der Waals surface area (Å²) in [6.07, 6.45) is -8.64. The van der Waals surface area contributed by atoms with Crippen LogP contribution in [0.25, 0.3) is 0 Å². The van der Waals surface area contributed by atoms with Gasteiger partial charge in [-0.15, -0.1) is 12.4 Å². The Bertz CT molecular complexity index is 626. The van der Waals surface area contributed by atoms with Crippen LogP contribution >= 0.6 is 12.4 Å². The first-order valence-electron chi connectivity index (χ1n) is 7.16. The molecular formula is C14H16ClF6N3O. The van der Waals surface area contributed by atoms with Gasteiger partial charge in [0.2, 0.25) is 5.91 Å². The number of amides is 1. The number of carbonyl (C=O) groups is 1. The van der Waals surface area contributed by atoms with Gasteiger partial charge in [0.25, 0.3) is 0 Å². The van der Waals surface area contributed by atoms with Crippen LogP contribution in [0.1, 0.15) is 35.4 Å². The molecule has 1 fully saturated rings. The Morgan fingerprint density at radius 2 is 1.92 bits per heavy atom. The van der Waals surface area contributed by atoms with Crippen LogP contribution in [-0.4, -0.2) is 23.5 Å². The molecular weight excluding hydrogens is 376 g/mol. The van der Waals surface area contributed by atoms with Gasteiger partial charge in [0, 0.05) is 17.8 Å². The Kier molecular flexibility index (Phi) is 6.68. The van der Waals surface area contributed by atoms with Crippen LogP contribution in [0.4, 0.5) is 26.3 Å². The number of halogens is 7. The molecule has 1 aliphatic heterocycles. The molecule has 4 nitrogen and oxygen atoms in total. The zero-order chi connectivity index (χ0) is 18.1. The largest absolute Gasteiger partial charge is 0.433 e. The zero-order valence-electron chi connectivity index (χ0n) is 13.0. The highest BCUT2D eigenvalue weighted by atomic mass is 35.5. The van der Waals surface area contributed by atoms with E-state index in [2.05, 4.69) is 15.6 Å². The lowest BCUT2D eigenvalue weighted by Crippen LogP contribution is -2.40. The minimum atomic E-state index is -4.99. The fourth-order valence-corrected chi connectivity index (χ4v) is 2.53. The molecule has 2 heterocycles. The predicted octanol–water partition coefficient (Wildman–Crippen LogP) is 3.22. The van der Waals surface area contributed by atoms with Gasteiger partial charge in [0.05, 0.1) is 11.6 Å². The maximum atomic E-state index is 13.1. The third-order valence-electron chi connectivity index (χ3n) is 3.74. The molecule has 0 bridgehead atoms. The Balaban J connectivity index is 0.00000312. The second-order valence-electron chi connectivity index (χ2n) is 5.48. The third kappa shape index (κ3) is 5.21. The smallest absolute Gasteiger partial charge is 0.351 e. The number of nitrogens with zero attached hydrogens (tertiary/aromatic N) is 1. The molecule has 1 aliphatic rings. The minimum Gasteiger partial charge on any atom is -0.351 e. The van der Waals surface area contributed by atoms with E-state index in [4.69, 9.17) is 0 Å². The van der Waals surface area contributed by atoms with Gasteiger partial charge in [-0.2, -0.15) is 26.3 Å². The third-order valence-corrected chi connectivity index (χ3v) is 3.74. The standard InChI is InChI=1S/C14H15F6N3O.ClH/c1-7-8(6-22-12(24)10-3-2-4-21-10)9(13(15,16)17)5-11(23-7)14(18,19)20;/h5,10,21H,2-4,6H2,1H3,(H,22,24);1H/t10-;/m0./s1. The molecule has 11 heteroatoms. The van der Waals surface area contributed by atoms with Crippen molar-refractivity contribution < 1.29 is 31.1 Å². The molecule has 0 saturated carbocycles. The first-order valence-corrected chi connectivity index (χ1v) is 7.16. The van der Waals surface area contributed by atoms with Crippen molar-refractivity contribution in [1.29, 1.82) is 0 Å². The molecule has 2 rings (SSSR count). The SMILES string of the molecule is Cc1nc(C(F)(F)F)cc(C(F)(F)F)c1CNC(=O)[C@@H]1CCCN1.Cl. The van der Waals surface area contributed by atoms with Crippen LogP contribution in [0.3, 0.4) is 0 Å². The Hall–Kier alpha value is -1.55. The number of nitrogens with one attached hydrogen (secondary N) is 2. The van der Waals surface area contributed by atoms with Crippen molar-refractivity contribution in [3.05, 3.63) is 28.6 Å². The lowest BCUT2D eigenvalue weighted by Gasteiger charge is -2.19. The number of carbonyl (C=O) groups excluding carboxylic acids is 1. The van der Waals surface area contributed by atoms with Crippen molar-refractivity contribution in [3.63, 3.8) is 0 Å². The fraction of sp³-hybridized carbons (Fsp3) is 0.571. The molecule has 2 N–H and O–H groups in total. The van der Waals surface area contributed by atoms with Crippen molar-refractivity contribution >= 4 is 18.3 Å². The maximum Gasteiger partial charge on any atom is 0.433 e. The molecule has 1 aromatic heterocycles. The van der Waals surface area contributed by atoms with Crippen molar-refractivity contribution in [3.8, 4) is 0 Å². The molecule has 25 heavy (non-hydrogen) atoms. The van der Waals surface area contributed by atoms with E-state index in [0.717, 1.165) is 13.3 Å². The van der Waals surface area contributed by atoms with Gasteiger partial charge in [0.15, 0.2) is 0 Å². The molecule has 1 amide bonds. The van der Waals surface area contributed by atoms with Gasteiger partial charge >= 0.3 is 12.4 Å². The molecule has 1 saturated heterocycles. The summed E-state index contributed by atoms with van der Waals surface area (Å²) in [5.41, 5.74) is -3.94. The van der Waals surface area contributed by atoms with E-state index in [0.29, 0.717) is 13.0 Å². The van der Waals surface area contributed by atoms with E-state index in [1.807, 2.05) is 0 Å². The summed E-state index contributed by atoms with van der Waals surface area (Å²) in [5.74, 6) is -0.486. The average molecular weight is 392 g/mol. The minimum absolute atomic E-state index is 0. The van der Waals surface area contributed by atoms with Gasteiger partial charge in [-0.05, 0) is 32.4 Å². The summed E-state index contributed by atoms with van der Waals surface area (Å²) in [4.78, 5) is 15.1. The molecule has 0 spiro atoms. The highest BCUT2D eigenvalue weighted by Gasteiger charge is 2.40. The topological polar surface area (TPSA) is 54.0 Å². The first kappa shape index (κ1) is 21.5. The summed E-state index contributed by atoms with van der Waals surface area (Å²) < 4.78 is 77.3. The molecule has 0 radical (unpaired) electrons. The summed E-state index contributed by atoms with van der Waals surface area (Å²) in [6, 6.07) is -0.524. The lowest BCUT2D eigenvalue weighted by atomic mass is 10.0. The van der Waals surface area contributed by atoms with Crippen LogP contribution in [0.15, 0.2) is 6.07 Å². The van der Waals surface area contributed by atoms with Crippen LogP contribution in [0.5, 0.6) is 0 Å². The van der Waals surface area contributed by atoms with Crippen LogP contribution in [-0.2, 0) is 23.7 Å². The molecule has 0 aromatic carbocycles. The number of hydrogen-bond acceptors (Lipinski definition) is 3. The monoisotopic (exact) mass is 391 g/mol. The summed E-state index contributed by atoms with van der Waals surface area (Å²) in [6.45, 7) is 1.15. The Morgan fingerprint density at radius 3 is 2.40 bits per heavy atom. The summed E-state index contributed by atoms with van der Waals surface area (Å²) >= 11 is 0. The van der Waals surface area contributed by atoms with E-state index in [-0.39, 0.29) is 18.5 Å². The van der Waals surface area contributed by atoms with E-state index >= 15 is 0 Å². The molecule has 0 aliphatic carbocycles. The number of pyridine rings is 1. The molecule has 142 valence electrons. The lowest BCUT2D eigenvalue weighted by molar-refractivity contribution is -0.146. The first-order chi connectivity index (χ1) is 11.0. The van der Waals surface area contributed by atoms with Crippen LogP contribution in [0.2, 0.25) is 0 Å². The molecule has 1 aromatic rings. The highest BCUT2D eigenvalue weighted by molar-refractivity contribution is 5.85. The number of rotatable bonds is 3. The van der Waals surface area contributed by atoms with E-state index in [1.165, 1.54) is 0 Å². The number of hydrogen-bond donors (Lipinski definition) is 2. The van der Waals surface area contributed by atoms with E-state index in [1.54, 1.807) is 0 Å². The number of alkyl halides is 6. The van der Waals surface area contributed by atoms with E-state index in [9.17, 15) is 31.1 Å². The fourth-order valence-electron chi connectivity index (χ4n) is 2.53. The van der Waals surface area contributed by atoms with Crippen molar-refractivity contribution in [2.75, 3.05) is 6.54 Å². The summed E-state index contributed by atoms with van der Waals surface area (Å²) in [7, 11) is 0.